The van der Waals surface area contributed by atoms with Gasteiger partial charge in [0, 0.05) is 33.1 Å². The van der Waals surface area contributed by atoms with Crippen molar-refractivity contribution < 1.29 is 9.18 Å². The first-order chi connectivity index (χ1) is 9.41. The Morgan fingerprint density at radius 1 is 1.60 bits per heavy atom. The summed E-state index contributed by atoms with van der Waals surface area (Å²) in [5, 5.41) is 0.187. The highest BCUT2D eigenvalue weighted by Crippen LogP contribution is 2.31. The molecule has 1 amide bonds. The molecule has 112 valence electrons. The number of nitrogens with zero attached hydrogens (tertiary/aromatic N) is 3. The number of carbonyl (C=O) groups excluding carboxylic acids is 1. The van der Waals surface area contributed by atoms with Crippen LogP contribution in [0, 0.1) is 0 Å². The molecule has 0 aromatic carbocycles. The lowest BCUT2D eigenvalue weighted by molar-refractivity contribution is -0.126. The van der Waals surface area contributed by atoms with E-state index in [9.17, 15) is 9.18 Å². The van der Waals surface area contributed by atoms with Gasteiger partial charge in [-0.15, -0.1) is 0 Å². The zero-order valence-electron chi connectivity index (χ0n) is 11.8. The summed E-state index contributed by atoms with van der Waals surface area (Å²) in [6.45, 7) is 2.16. The summed E-state index contributed by atoms with van der Waals surface area (Å²) >= 11 is 6.20. The first kappa shape index (κ1) is 15.3. The number of likely N-dealkylation sites (N-methyl/N-ethyl adjacent to an activating group) is 1. The normalized spacial score (nSPS) is 28.3. The molecule has 5 nitrogen and oxygen atoms in total. The third-order valence-corrected chi connectivity index (χ3v) is 4.06. The van der Waals surface area contributed by atoms with Crippen molar-refractivity contribution in [2.75, 3.05) is 33.7 Å². The highest BCUT2D eigenvalue weighted by Gasteiger charge is 2.43. The molecule has 0 radical (unpaired) electrons. The van der Waals surface area contributed by atoms with E-state index >= 15 is 0 Å². The standard InChI is InChI=1S/C13H20ClFN4O/c1-18-5-3-4-17-9(7-18)11(14)12(16)13(20)19(2)10-6-8(10)15/h8,10H,3-7,16H2,1-2H3/b12-11+. The van der Waals surface area contributed by atoms with Crippen LogP contribution in [0.5, 0.6) is 0 Å². The molecule has 1 saturated carbocycles. The van der Waals surface area contributed by atoms with Crippen LogP contribution in [-0.4, -0.2) is 67.4 Å². The largest absolute Gasteiger partial charge is 0.393 e. The molecule has 2 rings (SSSR count). The molecular weight excluding hydrogens is 283 g/mol. The molecule has 1 aliphatic heterocycles. The van der Waals surface area contributed by atoms with Gasteiger partial charge in [0.15, 0.2) is 0 Å². The Morgan fingerprint density at radius 3 is 2.85 bits per heavy atom. The van der Waals surface area contributed by atoms with Crippen LogP contribution in [0.15, 0.2) is 15.7 Å². The summed E-state index contributed by atoms with van der Waals surface area (Å²) in [7, 11) is 3.51. The van der Waals surface area contributed by atoms with E-state index in [2.05, 4.69) is 9.89 Å². The van der Waals surface area contributed by atoms with E-state index in [1.165, 1.54) is 4.90 Å². The Bertz CT molecular complexity index is 465. The van der Waals surface area contributed by atoms with Gasteiger partial charge in [-0.1, -0.05) is 11.6 Å². The molecule has 1 aliphatic carbocycles. The van der Waals surface area contributed by atoms with Crippen LogP contribution in [0.3, 0.4) is 0 Å². The number of hydrogen-bond acceptors (Lipinski definition) is 4. The molecule has 2 aliphatic rings. The van der Waals surface area contributed by atoms with Crippen LogP contribution >= 0.6 is 11.6 Å². The van der Waals surface area contributed by atoms with E-state index in [1.807, 2.05) is 7.05 Å². The Kier molecular flexibility index (Phi) is 4.65. The van der Waals surface area contributed by atoms with Crippen LogP contribution in [0.25, 0.3) is 0 Å². The Morgan fingerprint density at radius 2 is 2.25 bits per heavy atom. The van der Waals surface area contributed by atoms with E-state index < -0.39 is 12.1 Å². The molecule has 2 unspecified atom stereocenters. The maximum Gasteiger partial charge on any atom is 0.271 e. The van der Waals surface area contributed by atoms with Gasteiger partial charge in [-0.2, -0.15) is 0 Å². The first-order valence-corrected chi connectivity index (χ1v) is 7.08. The van der Waals surface area contributed by atoms with Crippen molar-refractivity contribution in [3.8, 4) is 0 Å². The van der Waals surface area contributed by atoms with Crippen LogP contribution in [-0.2, 0) is 4.79 Å². The minimum absolute atomic E-state index is 0.0534. The van der Waals surface area contributed by atoms with Gasteiger partial charge >= 0.3 is 0 Å². The SMILES string of the molecule is CN1CCCN=C(/C(Cl)=C(\N)C(=O)N(C)C2CC2F)C1. The Labute approximate surface area is 123 Å². The average Bonchev–Trinajstić information content (AvgIpc) is 3.18. The second-order valence-corrected chi connectivity index (χ2v) is 5.76. The summed E-state index contributed by atoms with van der Waals surface area (Å²) in [5.74, 6) is -0.435. The van der Waals surface area contributed by atoms with E-state index in [4.69, 9.17) is 17.3 Å². The monoisotopic (exact) mass is 302 g/mol. The predicted molar refractivity (Wildman–Crippen MR) is 77.6 cm³/mol. The average molecular weight is 303 g/mol. The van der Waals surface area contributed by atoms with Gasteiger partial charge in [0.25, 0.3) is 5.91 Å². The van der Waals surface area contributed by atoms with Gasteiger partial charge in [0.1, 0.15) is 11.9 Å². The van der Waals surface area contributed by atoms with Crippen molar-refractivity contribution in [3.05, 3.63) is 10.7 Å². The topological polar surface area (TPSA) is 61.9 Å². The molecule has 20 heavy (non-hydrogen) atoms. The number of aliphatic imine (C=N–C) groups is 1. The Hall–Kier alpha value is -1.14. The van der Waals surface area contributed by atoms with E-state index in [1.54, 1.807) is 7.05 Å². The molecule has 7 heteroatoms. The van der Waals surface area contributed by atoms with Crippen molar-refractivity contribution in [1.82, 2.24) is 9.80 Å². The minimum atomic E-state index is -0.947. The van der Waals surface area contributed by atoms with Crippen LogP contribution < -0.4 is 5.73 Å². The smallest absolute Gasteiger partial charge is 0.271 e. The fourth-order valence-corrected chi connectivity index (χ4v) is 2.42. The number of rotatable bonds is 3. The van der Waals surface area contributed by atoms with E-state index in [0.29, 0.717) is 25.2 Å². The van der Waals surface area contributed by atoms with Crippen molar-refractivity contribution >= 4 is 23.2 Å². The molecule has 0 aromatic heterocycles. The van der Waals surface area contributed by atoms with Crippen LogP contribution in [0.1, 0.15) is 12.8 Å². The summed E-state index contributed by atoms with van der Waals surface area (Å²) in [6.07, 6.45) is 0.372. The van der Waals surface area contributed by atoms with Crippen LogP contribution in [0.2, 0.25) is 0 Å². The lowest BCUT2D eigenvalue weighted by atomic mass is 10.2. The third kappa shape index (κ3) is 3.30. The van der Waals surface area contributed by atoms with Crippen molar-refractivity contribution in [2.45, 2.75) is 25.1 Å². The number of carbonyl (C=O) groups is 1. The fraction of sp³-hybridized carbons (Fsp3) is 0.692. The maximum absolute atomic E-state index is 13.0. The summed E-state index contributed by atoms with van der Waals surface area (Å²) in [4.78, 5) is 19.9. The highest BCUT2D eigenvalue weighted by atomic mass is 35.5. The Balaban J connectivity index is 2.13. The highest BCUT2D eigenvalue weighted by molar-refractivity contribution is 6.45. The van der Waals surface area contributed by atoms with Gasteiger partial charge in [-0.05, 0) is 13.5 Å². The molecule has 0 saturated heterocycles. The molecule has 2 atom stereocenters. The number of amides is 1. The van der Waals surface area contributed by atoms with Gasteiger partial charge in [-0.25, -0.2) is 4.39 Å². The fourth-order valence-electron chi connectivity index (χ4n) is 2.22. The maximum atomic E-state index is 13.0. The number of alkyl halides is 1. The van der Waals surface area contributed by atoms with E-state index in [-0.39, 0.29) is 16.8 Å². The lowest BCUT2D eigenvalue weighted by Gasteiger charge is -2.18. The van der Waals surface area contributed by atoms with Gasteiger partial charge in [0.2, 0.25) is 0 Å². The number of nitrogens with two attached hydrogens (primary N) is 1. The second kappa shape index (κ2) is 6.10. The molecule has 0 aromatic rings. The van der Waals surface area contributed by atoms with Crippen LogP contribution in [0.4, 0.5) is 4.39 Å². The molecule has 1 fully saturated rings. The first-order valence-electron chi connectivity index (χ1n) is 6.70. The summed E-state index contributed by atoms with van der Waals surface area (Å²) < 4.78 is 13.0. The van der Waals surface area contributed by atoms with Gasteiger partial charge in [-0.3, -0.25) is 9.79 Å². The van der Waals surface area contributed by atoms with Gasteiger partial charge < -0.3 is 15.5 Å². The number of hydrogen-bond donors (Lipinski definition) is 1. The molecule has 0 bridgehead atoms. The predicted octanol–water partition coefficient (Wildman–Crippen LogP) is 0.741. The van der Waals surface area contributed by atoms with Gasteiger partial charge in [0.05, 0.1) is 16.8 Å². The zero-order valence-corrected chi connectivity index (χ0v) is 12.5. The van der Waals surface area contributed by atoms with Crippen molar-refractivity contribution in [1.29, 1.82) is 0 Å². The molecular formula is C13H20ClFN4O. The minimum Gasteiger partial charge on any atom is -0.393 e. The summed E-state index contributed by atoms with van der Waals surface area (Å²) in [5.41, 5.74) is 6.40. The summed E-state index contributed by atoms with van der Waals surface area (Å²) in [6, 6.07) is -0.371. The molecule has 2 N–H and O–H groups in total. The van der Waals surface area contributed by atoms with E-state index in [0.717, 1.165) is 13.0 Å². The molecule has 0 spiro atoms. The van der Waals surface area contributed by atoms with Crippen molar-refractivity contribution in [2.24, 2.45) is 10.7 Å². The van der Waals surface area contributed by atoms with Crippen molar-refractivity contribution in [3.63, 3.8) is 0 Å². The number of halogens is 2. The molecule has 1 heterocycles. The second-order valence-electron chi connectivity index (χ2n) is 5.38. The quantitative estimate of drug-likeness (QED) is 0.782. The zero-order chi connectivity index (χ0) is 14.9. The third-order valence-electron chi connectivity index (χ3n) is 3.64. The lowest BCUT2D eigenvalue weighted by Crippen LogP contribution is -2.36.